The molecular formula is C30H37N3O4S. The molecule has 3 aromatic carbocycles. The number of hydrogen-bond acceptors (Lipinski definition) is 4. The molecule has 3 aromatic rings. The van der Waals surface area contributed by atoms with Crippen LogP contribution in [-0.4, -0.2) is 43.8 Å². The van der Waals surface area contributed by atoms with Gasteiger partial charge >= 0.3 is 0 Å². The van der Waals surface area contributed by atoms with Gasteiger partial charge in [0.1, 0.15) is 12.6 Å². The van der Waals surface area contributed by atoms with E-state index < -0.39 is 28.5 Å². The van der Waals surface area contributed by atoms with Gasteiger partial charge in [-0.05, 0) is 63.4 Å². The van der Waals surface area contributed by atoms with Crippen LogP contribution >= 0.6 is 0 Å². The molecule has 3 rings (SSSR count). The van der Waals surface area contributed by atoms with Gasteiger partial charge in [0.25, 0.3) is 10.0 Å². The summed E-state index contributed by atoms with van der Waals surface area (Å²) < 4.78 is 28.7. The van der Waals surface area contributed by atoms with Crippen LogP contribution in [-0.2, 0) is 26.2 Å². The van der Waals surface area contributed by atoms with Gasteiger partial charge in [-0.2, -0.15) is 0 Å². The lowest BCUT2D eigenvalue weighted by atomic mass is 10.1. The summed E-state index contributed by atoms with van der Waals surface area (Å²) in [5.41, 5.74) is 3.05. The molecule has 8 heteroatoms. The molecule has 202 valence electrons. The van der Waals surface area contributed by atoms with Crippen molar-refractivity contribution in [2.24, 2.45) is 0 Å². The molecule has 38 heavy (non-hydrogen) atoms. The molecular weight excluding hydrogens is 498 g/mol. The summed E-state index contributed by atoms with van der Waals surface area (Å²) in [6, 6.07) is 22.0. The van der Waals surface area contributed by atoms with Crippen LogP contribution in [0.15, 0.2) is 83.8 Å². The molecule has 0 saturated carbocycles. The first kappa shape index (κ1) is 28.9. The third kappa shape index (κ3) is 7.01. The highest BCUT2D eigenvalue weighted by Gasteiger charge is 2.33. The number of nitrogens with zero attached hydrogens (tertiary/aromatic N) is 2. The molecule has 2 atom stereocenters. The van der Waals surface area contributed by atoms with Crippen LogP contribution < -0.4 is 9.62 Å². The minimum atomic E-state index is -4.07. The molecule has 0 aliphatic heterocycles. The molecule has 0 aliphatic rings. The predicted octanol–water partition coefficient (Wildman–Crippen LogP) is 4.83. The van der Waals surface area contributed by atoms with Crippen molar-refractivity contribution in [3.63, 3.8) is 0 Å². The maximum absolute atomic E-state index is 13.9. The van der Waals surface area contributed by atoms with Crippen molar-refractivity contribution in [2.45, 2.75) is 64.6 Å². The summed E-state index contributed by atoms with van der Waals surface area (Å²) in [6.45, 7) is 9.05. The number of hydrogen-bond donors (Lipinski definition) is 1. The summed E-state index contributed by atoms with van der Waals surface area (Å²) in [5, 5.41) is 2.95. The molecule has 0 radical (unpaired) electrons. The van der Waals surface area contributed by atoms with Gasteiger partial charge < -0.3 is 10.2 Å². The van der Waals surface area contributed by atoms with Crippen LogP contribution in [0, 0.1) is 13.8 Å². The van der Waals surface area contributed by atoms with Crippen molar-refractivity contribution in [2.75, 3.05) is 10.8 Å². The third-order valence-corrected chi connectivity index (χ3v) is 8.41. The van der Waals surface area contributed by atoms with E-state index in [9.17, 15) is 18.0 Å². The van der Waals surface area contributed by atoms with Crippen molar-refractivity contribution in [1.29, 1.82) is 0 Å². The molecule has 0 aromatic heterocycles. The number of amides is 2. The summed E-state index contributed by atoms with van der Waals surface area (Å²) in [5.74, 6) is -0.756. The third-order valence-electron chi connectivity index (χ3n) is 6.64. The van der Waals surface area contributed by atoms with Crippen LogP contribution in [0.3, 0.4) is 0 Å². The van der Waals surface area contributed by atoms with Crippen LogP contribution in [0.4, 0.5) is 5.69 Å². The summed E-state index contributed by atoms with van der Waals surface area (Å²) in [7, 11) is -4.07. The van der Waals surface area contributed by atoms with E-state index >= 15 is 0 Å². The van der Waals surface area contributed by atoms with E-state index in [4.69, 9.17) is 0 Å². The van der Waals surface area contributed by atoms with Gasteiger partial charge in [0.2, 0.25) is 11.8 Å². The maximum Gasteiger partial charge on any atom is 0.264 e. The SMILES string of the molecule is CCC(C)NC(=O)C(C)N(Cc1ccc(C)cc1)C(=O)CN(c1ccccc1C)S(=O)(=O)c1ccccc1. The van der Waals surface area contributed by atoms with Crippen LogP contribution in [0.2, 0.25) is 0 Å². The van der Waals surface area contributed by atoms with Gasteiger partial charge in [-0.15, -0.1) is 0 Å². The smallest absolute Gasteiger partial charge is 0.264 e. The average molecular weight is 536 g/mol. The summed E-state index contributed by atoms with van der Waals surface area (Å²) in [6.07, 6.45) is 0.751. The maximum atomic E-state index is 13.9. The Morgan fingerprint density at radius 2 is 1.47 bits per heavy atom. The van der Waals surface area contributed by atoms with Crippen molar-refractivity contribution in [1.82, 2.24) is 10.2 Å². The van der Waals surface area contributed by atoms with Gasteiger partial charge in [-0.3, -0.25) is 13.9 Å². The molecule has 0 spiro atoms. The Hall–Kier alpha value is -3.65. The van der Waals surface area contributed by atoms with E-state index in [1.165, 1.54) is 17.0 Å². The Kier molecular flexibility index (Phi) is 9.69. The number of benzene rings is 3. The molecule has 0 bridgehead atoms. The van der Waals surface area contributed by atoms with Crippen molar-refractivity contribution in [3.05, 3.63) is 95.6 Å². The van der Waals surface area contributed by atoms with Gasteiger partial charge in [0.15, 0.2) is 0 Å². The lowest BCUT2D eigenvalue weighted by Gasteiger charge is -2.33. The highest BCUT2D eigenvalue weighted by molar-refractivity contribution is 7.92. The number of aryl methyl sites for hydroxylation is 2. The van der Waals surface area contributed by atoms with E-state index in [0.717, 1.165) is 21.9 Å². The van der Waals surface area contributed by atoms with Crippen molar-refractivity contribution in [3.8, 4) is 0 Å². The van der Waals surface area contributed by atoms with Gasteiger partial charge in [0, 0.05) is 12.6 Å². The molecule has 0 heterocycles. The number of rotatable bonds is 11. The van der Waals surface area contributed by atoms with Crippen LogP contribution in [0.5, 0.6) is 0 Å². The quantitative estimate of drug-likeness (QED) is 0.381. The predicted molar refractivity (Wildman–Crippen MR) is 151 cm³/mol. The van der Waals surface area contributed by atoms with Gasteiger partial charge in [-0.1, -0.05) is 73.2 Å². The highest BCUT2D eigenvalue weighted by Crippen LogP contribution is 2.27. The number of sulfonamides is 1. The number of para-hydroxylation sites is 1. The van der Waals surface area contributed by atoms with Gasteiger partial charge in [-0.25, -0.2) is 8.42 Å². The number of carbonyl (C=O) groups excluding carboxylic acids is 2. The number of carbonyl (C=O) groups is 2. The first-order valence-electron chi connectivity index (χ1n) is 12.8. The molecule has 7 nitrogen and oxygen atoms in total. The van der Waals surface area contributed by atoms with Crippen molar-refractivity contribution < 1.29 is 18.0 Å². The van der Waals surface area contributed by atoms with E-state index in [2.05, 4.69) is 5.32 Å². The lowest BCUT2D eigenvalue weighted by molar-refractivity contribution is -0.139. The monoisotopic (exact) mass is 535 g/mol. The second kappa shape index (κ2) is 12.7. The second-order valence-corrected chi connectivity index (χ2v) is 11.5. The molecule has 2 unspecified atom stereocenters. The largest absolute Gasteiger partial charge is 0.352 e. The Morgan fingerprint density at radius 3 is 2.08 bits per heavy atom. The second-order valence-electron chi connectivity index (χ2n) is 9.61. The minimum absolute atomic E-state index is 0.0526. The Morgan fingerprint density at radius 1 is 0.868 bits per heavy atom. The zero-order chi connectivity index (χ0) is 27.9. The molecule has 0 saturated heterocycles. The fourth-order valence-electron chi connectivity index (χ4n) is 4.01. The molecule has 0 fully saturated rings. The van der Waals surface area contributed by atoms with E-state index in [1.54, 1.807) is 50.2 Å². The average Bonchev–Trinajstić information content (AvgIpc) is 2.91. The Labute approximate surface area is 226 Å². The normalized spacial score (nSPS) is 12.9. The Bertz CT molecular complexity index is 1340. The highest BCUT2D eigenvalue weighted by atomic mass is 32.2. The first-order valence-corrected chi connectivity index (χ1v) is 14.3. The lowest BCUT2D eigenvalue weighted by Crippen LogP contribution is -2.52. The summed E-state index contributed by atoms with van der Waals surface area (Å²) in [4.78, 5) is 28.6. The van der Waals surface area contributed by atoms with E-state index in [-0.39, 0.29) is 23.4 Å². The molecule has 0 aliphatic carbocycles. The fourth-order valence-corrected chi connectivity index (χ4v) is 5.51. The molecule has 1 N–H and O–H groups in total. The van der Waals surface area contributed by atoms with Crippen molar-refractivity contribution >= 4 is 27.5 Å². The number of nitrogens with one attached hydrogen (secondary N) is 1. The van der Waals surface area contributed by atoms with E-state index in [1.807, 2.05) is 51.1 Å². The summed E-state index contributed by atoms with van der Waals surface area (Å²) >= 11 is 0. The first-order chi connectivity index (χ1) is 18.0. The molecule has 2 amide bonds. The van der Waals surface area contributed by atoms with Crippen LogP contribution in [0.25, 0.3) is 0 Å². The topological polar surface area (TPSA) is 86.8 Å². The standard InChI is InChI=1S/C30H37N3O4S/c1-6-24(4)31-30(35)25(5)32(20-26-18-16-22(2)17-19-26)29(34)21-33(28-15-11-10-12-23(28)3)38(36,37)27-13-8-7-9-14-27/h7-19,24-25H,6,20-21H2,1-5H3,(H,31,35). The Balaban J connectivity index is 2.02. The van der Waals surface area contributed by atoms with Gasteiger partial charge in [0.05, 0.1) is 10.6 Å². The fraction of sp³-hybridized carbons (Fsp3) is 0.333. The minimum Gasteiger partial charge on any atom is -0.352 e. The van der Waals surface area contributed by atoms with Crippen LogP contribution in [0.1, 0.15) is 43.9 Å². The number of anilines is 1. The zero-order valence-corrected chi connectivity index (χ0v) is 23.5. The zero-order valence-electron chi connectivity index (χ0n) is 22.7. The van der Waals surface area contributed by atoms with E-state index in [0.29, 0.717) is 11.3 Å².